The van der Waals surface area contributed by atoms with Gasteiger partial charge in [0, 0.05) is 10.8 Å². The molecule has 0 radical (unpaired) electrons. The predicted molar refractivity (Wildman–Crippen MR) is 127 cm³/mol. The first-order chi connectivity index (χ1) is 14.6. The molecule has 32 heavy (non-hydrogen) atoms. The Morgan fingerprint density at radius 2 is 1.19 bits per heavy atom. The van der Waals surface area contributed by atoms with E-state index in [0.29, 0.717) is 19.3 Å². The van der Waals surface area contributed by atoms with Crippen LogP contribution in [0.25, 0.3) is 0 Å². The molecular formula is C22H41N3O6S. The fourth-order valence-corrected chi connectivity index (χ4v) is 2.77. The highest BCUT2D eigenvalue weighted by atomic mass is 32.2. The molecule has 0 saturated carbocycles. The molecule has 0 heterocycles. The van der Waals surface area contributed by atoms with Crippen molar-refractivity contribution in [2.45, 2.75) is 78.9 Å². The Bertz CT molecular complexity index is 718. The molecule has 0 aliphatic heterocycles. The first kappa shape index (κ1) is 32.0. The Labute approximate surface area is 192 Å². The van der Waals surface area contributed by atoms with E-state index in [1.165, 1.54) is 0 Å². The number of hydrogen-bond acceptors (Lipinski definition) is 6. The van der Waals surface area contributed by atoms with Crippen LogP contribution >= 0.6 is 0 Å². The maximum Gasteiger partial charge on any atom is 0.326 e. The Morgan fingerprint density at radius 1 is 0.812 bits per heavy atom. The molecule has 10 heteroatoms. The van der Waals surface area contributed by atoms with Crippen LogP contribution in [0.5, 0.6) is 0 Å². The van der Waals surface area contributed by atoms with Crippen molar-refractivity contribution < 1.29 is 27.9 Å². The van der Waals surface area contributed by atoms with Gasteiger partial charge >= 0.3 is 5.97 Å². The van der Waals surface area contributed by atoms with Crippen molar-refractivity contribution in [3.05, 3.63) is 24.0 Å². The molecular weight excluding hydrogens is 434 g/mol. The standard InChI is InChI=1S/C18H35N3O4.C4H6O2S/c1-10(2)7-13(19)16(22)20-14(8-11(3)4)17(23)21-15(18(24)25)9-12(5)6;1-3-7(5,6)4-2/h10-15H,7-9,19H2,1-6H3,(H,20,22)(H,21,23)(H,24,25);3-4H,1-2H2/t13-,14-,15-;/m0./s1. The Hall–Kier alpha value is -2.20. The third-order valence-corrected chi connectivity index (χ3v) is 5.12. The number of hydrogen-bond donors (Lipinski definition) is 4. The van der Waals surface area contributed by atoms with E-state index in [4.69, 9.17) is 5.73 Å². The van der Waals surface area contributed by atoms with Gasteiger partial charge in [0.2, 0.25) is 11.8 Å². The number of carbonyl (C=O) groups excluding carboxylic acids is 2. The zero-order valence-electron chi connectivity index (χ0n) is 20.1. The summed E-state index contributed by atoms with van der Waals surface area (Å²) in [6.07, 6.45) is 1.27. The maximum absolute atomic E-state index is 12.5. The predicted octanol–water partition coefficient (Wildman–Crippen LogP) is 2.19. The molecule has 0 saturated heterocycles. The lowest BCUT2D eigenvalue weighted by Crippen LogP contribution is -2.55. The van der Waals surface area contributed by atoms with Crippen LogP contribution in [-0.2, 0) is 24.2 Å². The van der Waals surface area contributed by atoms with E-state index in [2.05, 4.69) is 23.8 Å². The average molecular weight is 476 g/mol. The third-order valence-electron chi connectivity index (χ3n) is 4.19. The molecule has 0 aromatic heterocycles. The summed E-state index contributed by atoms with van der Waals surface area (Å²) in [5.41, 5.74) is 5.87. The second-order valence-corrected chi connectivity index (χ2v) is 10.7. The van der Waals surface area contributed by atoms with Crippen LogP contribution in [0.3, 0.4) is 0 Å². The summed E-state index contributed by atoms with van der Waals surface area (Å²) in [7, 11) is -3.13. The molecule has 0 aromatic rings. The van der Waals surface area contributed by atoms with Crippen LogP contribution in [0.15, 0.2) is 24.0 Å². The van der Waals surface area contributed by atoms with Gasteiger partial charge in [0.05, 0.1) is 6.04 Å². The smallest absolute Gasteiger partial charge is 0.326 e. The molecule has 186 valence electrons. The Balaban J connectivity index is 0. The topological polar surface area (TPSA) is 156 Å². The molecule has 0 aliphatic carbocycles. The molecule has 2 amide bonds. The quantitative estimate of drug-likeness (QED) is 0.318. The van der Waals surface area contributed by atoms with Crippen molar-refractivity contribution in [2.75, 3.05) is 0 Å². The summed E-state index contributed by atoms with van der Waals surface area (Å²) in [6.45, 7) is 17.7. The van der Waals surface area contributed by atoms with Crippen molar-refractivity contribution in [1.82, 2.24) is 10.6 Å². The van der Waals surface area contributed by atoms with E-state index in [-0.39, 0.29) is 23.7 Å². The summed E-state index contributed by atoms with van der Waals surface area (Å²) in [6, 6.07) is -2.45. The first-order valence-electron chi connectivity index (χ1n) is 10.6. The fraction of sp³-hybridized carbons (Fsp3) is 0.682. The minimum absolute atomic E-state index is 0.124. The summed E-state index contributed by atoms with van der Waals surface area (Å²) in [5.74, 6) is -1.39. The minimum Gasteiger partial charge on any atom is -0.480 e. The van der Waals surface area contributed by atoms with Crippen molar-refractivity contribution in [1.29, 1.82) is 0 Å². The highest BCUT2D eigenvalue weighted by molar-refractivity contribution is 7.97. The number of nitrogens with one attached hydrogen (secondary N) is 2. The molecule has 0 rings (SSSR count). The summed E-state index contributed by atoms with van der Waals surface area (Å²) < 4.78 is 20.3. The van der Waals surface area contributed by atoms with Gasteiger partial charge < -0.3 is 21.5 Å². The zero-order chi connectivity index (χ0) is 25.6. The van der Waals surface area contributed by atoms with Gasteiger partial charge in [-0.2, -0.15) is 0 Å². The lowest BCUT2D eigenvalue weighted by molar-refractivity contribution is -0.142. The largest absolute Gasteiger partial charge is 0.480 e. The molecule has 0 unspecified atom stereocenters. The Morgan fingerprint density at radius 3 is 1.50 bits per heavy atom. The van der Waals surface area contributed by atoms with Crippen molar-refractivity contribution in [3.8, 4) is 0 Å². The first-order valence-corrected chi connectivity index (χ1v) is 12.3. The monoisotopic (exact) mass is 475 g/mol. The van der Waals surface area contributed by atoms with Crippen LogP contribution in [-0.4, -0.2) is 49.4 Å². The van der Waals surface area contributed by atoms with E-state index in [9.17, 15) is 27.9 Å². The molecule has 0 aromatic carbocycles. The number of amides is 2. The molecule has 0 spiro atoms. The van der Waals surface area contributed by atoms with Gasteiger partial charge in [-0.05, 0) is 37.0 Å². The van der Waals surface area contributed by atoms with E-state index < -0.39 is 39.8 Å². The van der Waals surface area contributed by atoms with Crippen LogP contribution < -0.4 is 16.4 Å². The SMILES string of the molecule is C=CS(=O)(=O)C=C.CC(C)C[C@H](NC(=O)[C@H](CC(C)C)NC(=O)[C@@H](N)CC(C)C)C(=O)O. The minimum atomic E-state index is -3.13. The molecule has 5 N–H and O–H groups in total. The molecule has 0 bridgehead atoms. The van der Waals surface area contributed by atoms with E-state index in [0.717, 1.165) is 10.8 Å². The summed E-state index contributed by atoms with van der Waals surface area (Å²) in [4.78, 5) is 36.1. The Kier molecular flexibility index (Phi) is 15.6. The van der Waals surface area contributed by atoms with Crippen LogP contribution in [0.2, 0.25) is 0 Å². The number of carbonyl (C=O) groups is 3. The van der Waals surface area contributed by atoms with Gasteiger partial charge in [-0.3, -0.25) is 9.59 Å². The number of nitrogens with two attached hydrogens (primary N) is 1. The van der Waals surface area contributed by atoms with Crippen LogP contribution in [0.1, 0.15) is 60.8 Å². The van der Waals surface area contributed by atoms with Crippen molar-refractivity contribution in [3.63, 3.8) is 0 Å². The number of carboxylic acids is 1. The molecule has 9 nitrogen and oxygen atoms in total. The van der Waals surface area contributed by atoms with E-state index in [1.807, 2.05) is 41.5 Å². The van der Waals surface area contributed by atoms with Crippen molar-refractivity contribution >= 4 is 27.6 Å². The summed E-state index contributed by atoms with van der Waals surface area (Å²) in [5, 5.41) is 16.2. The highest BCUT2D eigenvalue weighted by Crippen LogP contribution is 2.10. The second kappa shape index (κ2) is 15.6. The number of carboxylic acid groups (broad SMARTS) is 1. The van der Waals surface area contributed by atoms with Gasteiger partial charge in [0.1, 0.15) is 12.1 Å². The maximum atomic E-state index is 12.5. The second-order valence-electron chi connectivity index (χ2n) is 8.88. The molecule has 0 fully saturated rings. The van der Waals surface area contributed by atoms with Gasteiger partial charge in [-0.25, -0.2) is 13.2 Å². The molecule has 0 aliphatic rings. The lowest BCUT2D eigenvalue weighted by atomic mass is 9.99. The number of rotatable bonds is 13. The normalized spacial score (nSPS) is 14.1. The van der Waals surface area contributed by atoms with E-state index >= 15 is 0 Å². The van der Waals surface area contributed by atoms with Gasteiger partial charge in [-0.1, -0.05) is 54.7 Å². The number of aliphatic carboxylic acids is 1. The van der Waals surface area contributed by atoms with Crippen LogP contribution in [0.4, 0.5) is 0 Å². The third kappa shape index (κ3) is 15.6. The van der Waals surface area contributed by atoms with E-state index in [1.54, 1.807) is 0 Å². The lowest BCUT2D eigenvalue weighted by Gasteiger charge is -2.25. The van der Waals surface area contributed by atoms with Gasteiger partial charge in [0.15, 0.2) is 9.84 Å². The molecule has 3 atom stereocenters. The van der Waals surface area contributed by atoms with Gasteiger partial charge in [0.25, 0.3) is 0 Å². The zero-order valence-corrected chi connectivity index (χ0v) is 20.9. The highest BCUT2D eigenvalue weighted by Gasteiger charge is 2.28. The number of sulfone groups is 1. The van der Waals surface area contributed by atoms with Crippen LogP contribution in [0, 0.1) is 17.8 Å². The average Bonchev–Trinajstić information content (AvgIpc) is 2.65. The van der Waals surface area contributed by atoms with Crippen molar-refractivity contribution in [2.24, 2.45) is 23.5 Å². The fourth-order valence-electron chi connectivity index (χ4n) is 2.63. The summed E-state index contributed by atoms with van der Waals surface area (Å²) >= 11 is 0. The van der Waals surface area contributed by atoms with Gasteiger partial charge in [-0.15, -0.1) is 0 Å².